The molecule has 3 rings (SSSR count). The molecule has 1 aliphatic rings. The zero-order valence-corrected chi connectivity index (χ0v) is 12.1. The Morgan fingerprint density at radius 2 is 1.74 bits per heavy atom. The molecular weight excluding hydrogens is 298 g/mol. The molecule has 0 unspecified atom stereocenters. The molecule has 0 aromatic heterocycles. The number of hydrogen-bond acceptors (Lipinski definition) is 5. The van der Waals surface area contributed by atoms with E-state index in [9.17, 15) is 19.7 Å². The van der Waals surface area contributed by atoms with Gasteiger partial charge in [-0.05, 0) is 29.8 Å². The standard InChI is InChI=1S/C17H11NO5/c1-23-11-7-5-10(6-8-11)9-13-16(19)12-3-2-4-14(18(21)22)15(12)17(13)20/h2-9H,1H3/b13-9-. The Morgan fingerprint density at radius 1 is 1.04 bits per heavy atom. The lowest BCUT2D eigenvalue weighted by atomic mass is 10.1. The van der Waals surface area contributed by atoms with E-state index in [0.717, 1.165) is 0 Å². The second-order valence-electron chi connectivity index (χ2n) is 4.95. The molecule has 1 aliphatic carbocycles. The van der Waals surface area contributed by atoms with Crippen molar-refractivity contribution >= 4 is 23.3 Å². The number of benzene rings is 2. The van der Waals surface area contributed by atoms with Gasteiger partial charge in [-0.25, -0.2) is 0 Å². The molecule has 6 heteroatoms. The van der Waals surface area contributed by atoms with E-state index in [1.54, 1.807) is 24.3 Å². The fourth-order valence-corrected chi connectivity index (χ4v) is 2.50. The average Bonchev–Trinajstić information content (AvgIpc) is 2.80. The van der Waals surface area contributed by atoms with E-state index in [2.05, 4.69) is 0 Å². The molecule has 0 fully saturated rings. The Morgan fingerprint density at radius 3 is 2.35 bits per heavy atom. The number of ether oxygens (including phenoxy) is 1. The second kappa shape index (κ2) is 5.49. The molecule has 0 bridgehead atoms. The maximum atomic E-state index is 12.4. The number of ketones is 2. The minimum Gasteiger partial charge on any atom is -0.497 e. The van der Waals surface area contributed by atoms with Crippen molar-refractivity contribution in [2.75, 3.05) is 7.11 Å². The molecule has 0 N–H and O–H groups in total. The van der Waals surface area contributed by atoms with Gasteiger partial charge < -0.3 is 4.74 Å². The molecule has 0 heterocycles. The highest BCUT2D eigenvalue weighted by Gasteiger charge is 2.38. The highest BCUT2D eigenvalue weighted by Crippen LogP contribution is 2.34. The van der Waals surface area contributed by atoms with Crippen LogP contribution in [-0.4, -0.2) is 23.6 Å². The number of methoxy groups -OCH3 is 1. The van der Waals surface area contributed by atoms with Crippen molar-refractivity contribution in [3.8, 4) is 5.75 Å². The molecule has 2 aromatic rings. The van der Waals surface area contributed by atoms with Crippen LogP contribution in [0.2, 0.25) is 0 Å². The predicted octanol–water partition coefficient (Wildman–Crippen LogP) is 3.07. The summed E-state index contributed by atoms with van der Waals surface area (Å²) in [5.41, 5.74) is 0.155. The van der Waals surface area contributed by atoms with Gasteiger partial charge in [-0.1, -0.05) is 18.2 Å². The number of nitro benzene ring substituents is 1. The van der Waals surface area contributed by atoms with Crippen LogP contribution in [0.25, 0.3) is 6.08 Å². The van der Waals surface area contributed by atoms with E-state index >= 15 is 0 Å². The summed E-state index contributed by atoms with van der Waals surface area (Å²) < 4.78 is 5.04. The SMILES string of the molecule is COc1ccc(/C=C2/C(=O)c3cccc([N+](=O)[O-])c3C2=O)cc1. The van der Waals surface area contributed by atoms with Gasteiger partial charge in [0.05, 0.1) is 17.6 Å². The molecule has 0 saturated carbocycles. The van der Waals surface area contributed by atoms with Crippen LogP contribution in [0.4, 0.5) is 5.69 Å². The molecule has 0 aliphatic heterocycles. The van der Waals surface area contributed by atoms with E-state index in [1.165, 1.54) is 31.4 Å². The fraction of sp³-hybridized carbons (Fsp3) is 0.0588. The molecule has 0 atom stereocenters. The molecule has 0 saturated heterocycles. The largest absolute Gasteiger partial charge is 0.497 e. The summed E-state index contributed by atoms with van der Waals surface area (Å²) in [6.45, 7) is 0. The molecule has 0 radical (unpaired) electrons. The van der Waals surface area contributed by atoms with E-state index in [-0.39, 0.29) is 22.4 Å². The smallest absolute Gasteiger partial charge is 0.281 e. The Balaban J connectivity index is 2.07. The van der Waals surface area contributed by atoms with Crippen LogP contribution < -0.4 is 4.74 Å². The van der Waals surface area contributed by atoms with Crippen molar-refractivity contribution in [2.24, 2.45) is 0 Å². The third-order valence-electron chi connectivity index (χ3n) is 3.63. The monoisotopic (exact) mass is 309 g/mol. The van der Waals surface area contributed by atoms with E-state index in [1.807, 2.05) is 0 Å². The van der Waals surface area contributed by atoms with Crippen LogP contribution in [0.3, 0.4) is 0 Å². The molecule has 0 amide bonds. The second-order valence-corrected chi connectivity index (χ2v) is 4.95. The average molecular weight is 309 g/mol. The summed E-state index contributed by atoms with van der Waals surface area (Å²) >= 11 is 0. The minimum absolute atomic E-state index is 0.0699. The number of rotatable bonds is 3. The van der Waals surface area contributed by atoms with Gasteiger partial charge in [0, 0.05) is 11.6 Å². The Kier molecular flexibility index (Phi) is 3.50. The number of Topliss-reactive ketones (excluding diaryl/α,β-unsaturated/α-hetero) is 2. The van der Waals surface area contributed by atoms with Crippen molar-refractivity contribution in [2.45, 2.75) is 0 Å². The van der Waals surface area contributed by atoms with Gasteiger partial charge in [0.15, 0.2) is 5.78 Å². The zero-order valence-electron chi connectivity index (χ0n) is 12.1. The Labute approximate surface area is 131 Å². The summed E-state index contributed by atoms with van der Waals surface area (Å²) in [7, 11) is 1.53. The number of carbonyl (C=O) groups excluding carboxylic acids is 2. The van der Waals surface area contributed by atoms with Gasteiger partial charge >= 0.3 is 0 Å². The van der Waals surface area contributed by atoms with Crippen molar-refractivity contribution in [1.29, 1.82) is 0 Å². The summed E-state index contributed by atoms with van der Waals surface area (Å²) in [6, 6.07) is 10.8. The van der Waals surface area contributed by atoms with Gasteiger partial charge in [-0.15, -0.1) is 0 Å². The van der Waals surface area contributed by atoms with Gasteiger partial charge in [0.1, 0.15) is 11.3 Å². The molecule has 6 nitrogen and oxygen atoms in total. The molecule has 114 valence electrons. The van der Waals surface area contributed by atoms with Crippen molar-refractivity contribution < 1.29 is 19.2 Å². The van der Waals surface area contributed by atoms with Gasteiger partial charge in [-0.3, -0.25) is 19.7 Å². The maximum Gasteiger partial charge on any atom is 0.281 e. The molecular formula is C17H11NO5. The molecule has 0 spiro atoms. The van der Waals surface area contributed by atoms with Crippen LogP contribution in [0.1, 0.15) is 26.3 Å². The first-order valence-corrected chi connectivity index (χ1v) is 6.75. The zero-order chi connectivity index (χ0) is 16.6. The highest BCUT2D eigenvalue weighted by atomic mass is 16.6. The topological polar surface area (TPSA) is 86.5 Å². The van der Waals surface area contributed by atoms with E-state index in [0.29, 0.717) is 11.3 Å². The van der Waals surface area contributed by atoms with Crippen molar-refractivity contribution in [1.82, 2.24) is 0 Å². The summed E-state index contributed by atoms with van der Waals surface area (Å²) in [4.78, 5) is 35.2. The van der Waals surface area contributed by atoms with Crippen LogP contribution in [0.5, 0.6) is 5.75 Å². The molecule has 23 heavy (non-hydrogen) atoms. The summed E-state index contributed by atoms with van der Waals surface area (Å²) in [6.07, 6.45) is 1.44. The number of carbonyl (C=O) groups is 2. The lowest BCUT2D eigenvalue weighted by Crippen LogP contribution is -2.02. The fourth-order valence-electron chi connectivity index (χ4n) is 2.50. The van der Waals surface area contributed by atoms with Gasteiger partial charge in [0.2, 0.25) is 5.78 Å². The molecule has 2 aromatic carbocycles. The lowest BCUT2D eigenvalue weighted by molar-refractivity contribution is -0.385. The third kappa shape index (κ3) is 2.40. The Hall–Kier alpha value is -3.28. The van der Waals surface area contributed by atoms with Crippen molar-refractivity contribution in [3.05, 3.63) is 74.8 Å². The van der Waals surface area contributed by atoms with Crippen LogP contribution in [-0.2, 0) is 0 Å². The van der Waals surface area contributed by atoms with Crippen LogP contribution >= 0.6 is 0 Å². The minimum atomic E-state index is -0.652. The first-order chi connectivity index (χ1) is 11.0. The number of hydrogen-bond donors (Lipinski definition) is 0. The number of nitrogens with zero attached hydrogens (tertiary/aromatic N) is 1. The third-order valence-corrected chi connectivity index (χ3v) is 3.63. The van der Waals surface area contributed by atoms with Crippen molar-refractivity contribution in [3.63, 3.8) is 0 Å². The summed E-state index contributed by atoms with van der Waals surface area (Å²) in [5.74, 6) is -0.465. The van der Waals surface area contributed by atoms with E-state index in [4.69, 9.17) is 4.74 Å². The van der Waals surface area contributed by atoms with Gasteiger partial charge in [-0.2, -0.15) is 0 Å². The normalized spacial score (nSPS) is 14.9. The number of nitro groups is 1. The number of fused-ring (bicyclic) bond motifs is 1. The first-order valence-electron chi connectivity index (χ1n) is 6.75. The Bertz CT molecular complexity index is 865. The summed E-state index contributed by atoms with van der Waals surface area (Å²) in [5, 5.41) is 11.1. The number of allylic oxidation sites excluding steroid dienone is 1. The predicted molar refractivity (Wildman–Crippen MR) is 82.7 cm³/mol. The van der Waals surface area contributed by atoms with Crippen LogP contribution in [0.15, 0.2) is 48.0 Å². The maximum absolute atomic E-state index is 12.4. The van der Waals surface area contributed by atoms with Crippen LogP contribution in [0, 0.1) is 10.1 Å². The first kappa shape index (κ1) is 14.6. The highest BCUT2D eigenvalue weighted by molar-refractivity contribution is 6.42. The quantitative estimate of drug-likeness (QED) is 0.376. The lowest BCUT2D eigenvalue weighted by Gasteiger charge is -2.00. The van der Waals surface area contributed by atoms with E-state index < -0.39 is 16.5 Å². The van der Waals surface area contributed by atoms with Gasteiger partial charge in [0.25, 0.3) is 5.69 Å².